The second-order valence-electron chi connectivity index (χ2n) is 6.54. The van der Waals surface area contributed by atoms with E-state index in [0.29, 0.717) is 11.1 Å². The predicted octanol–water partition coefficient (Wildman–Crippen LogP) is 5.61. The van der Waals surface area contributed by atoms with E-state index in [4.69, 9.17) is 4.74 Å². The van der Waals surface area contributed by atoms with Crippen LogP contribution in [0.1, 0.15) is 23.2 Å². The number of ether oxygens (including phenoxy) is 1. The lowest BCUT2D eigenvalue weighted by molar-refractivity contribution is 0.0601. The van der Waals surface area contributed by atoms with Crippen molar-refractivity contribution < 1.29 is 13.9 Å². The van der Waals surface area contributed by atoms with Gasteiger partial charge in [0.05, 0.1) is 17.7 Å². The lowest BCUT2D eigenvalue weighted by Gasteiger charge is -2.14. The Bertz CT molecular complexity index is 976. The summed E-state index contributed by atoms with van der Waals surface area (Å²) in [6, 6.07) is 16.2. The fourth-order valence-electron chi connectivity index (χ4n) is 3.52. The summed E-state index contributed by atoms with van der Waals surface area (Å²) in [6.07, 6.45) is 2.34. The van der Waals surface area contributed by atoms with Gasteiger partial charge in [0.1, 0.15) is 5.82 Å². The monoisotopic (exact) mass is 381 g/mol. The number of rotatable bonds is 4. The summed E-state index contributed by atoms with van der Waals surface area (Å²) in [4.78, 5) is 15.5. The number of thiophene rings is 1. The molecule has 1 fully saturated rings. The topological polar surface area (TPSA) is 29.5 Å². The molecule has 3 nitrogen and oxygen atoms in total. The van der Waals surface area contributed by atoms with Gasteiger partial charge in [-0.25, -0.2) is 9.18 Å². The molecule has 0 atom stereocenters. The van der Waals surface area contributed by atoms with E-state index in [9.17, 15) is 9.18 Å². The molecule has 0 aliphatic carbocycles. The first-order valence-corrected chi connectivity index (χ1v) is 9.82. The first kappa shape index (κ1) is 17.7. The van der Waals surface area contributed by atoms with Crippen LogP contribution in [-0.4, -0.2) is 26.2 Å². The van der Waals surface area contributed by atoms with E-state index >= 15 is 0 Å². The van der Waals surface area contributed by atoms with E-state index in [1.165, 1.54) is 26.0 Å². The highest BCUT2D eigenvalue weighted by Crippen LogP contribution is 2.45. The summed E-state index contributed by atoms with van der Waals surface area (Å²) in [5.74, 6) is -0.652. The van der Waals surface area contributed by atoms with Gasteiger partial charge in [0, 0.05) is 34.7 Å². The minimum absolute atomic E-state index is 0.264. The van der Waals surface area contributed by atoms with Crippen molar-refractivity contribution in [3.05, 3.63) is 66.0 Å². The van der Waals surface area contributed by atoms with Gasteiger partial charge >= 0.3 is 5.97 Å². The van der Waals surface area contributed by atoms with E-state index in [-0.39, 0.29) is 11.8 Å². The molecule has 0 saturated carbocycles. The Morgan fingerprint density at radius 1 is 1.00 bits per heavy atom. The maximum absolute atomic E-state index is 14.6. The first-order valence-electron chi connectivity index (χ1n) is 9.00. The Labute approximate surface area is 162 Å². The highest BCUT2D eigenvalue weighted by molar-refractivity contribution is 7.20. The van der Waals surface area contributed by atoms with Crippen LogP contribution in [0.3, 0.4) is 0 Å². The molecule has 3 aromatic rings. The highest BCUT2D eigenvalue weighted by atomic mass is 32.1. The van der Waals surface area contributed by atoms with Crippen LogP contribution in [0, 0.1) is 5.82 Å². The van der Waals surface area contributed by atoms with E-state index < -0.39 is 0 Å². The van der Waals surface area contributed by atoms with Gasteiger partial charge < -0.3 is 9.64 Å². The molecule has 0 unspecified atom stereocenters. The van der Waals surface area contributed by atoms with E-state index in [2.05, 4.69) is 11.0 Å². The Kier molecular flexibility index (Phi) is 4.94. The molecule has 1 aliphatic heterocycles. The molecule has 0 amide bonds. The molecule has 1 aliphatic rings. The average molecular weight is 381 g/mol. The first-order chi connectivity index (χ1) is 13.2. The summed E-state index contributed by atoms with van der Waals surface area (Å²) in [5, 5.41) is 1.11. The van der Waals surface area contributed by atoms with E-state index in [1.807, 2.05) is 24.3 Å². The summed E-state index contributed by atoms with van der Waals surface area (Å²) < 4.78 is 19.5. The maximum atomic E-state index is 14.6. The van der Waals surface area contributed by atoms with Crippen LogP contribution in [0.2, 0.25) is 0 Å². The third kappa shape index (κ3) is 3.35. The number of nitrogens with zero attached hydrogens (tertiary/aromatic N) is 1. The zero-order valence-electron chi connectivity index (χ0n) is 15.1. The lowest BCUT2D eigenvalue weighted by Crippen LogP contribution is -2.15. The quantitative estimate of drug-likeness (QED) is 0.550. The second-order valence-corrected chi connectivity index (χ2v) is 7.57. The minimum atomic E-state index is -0.388. The largest absolute Gasteiger partial charge is 0.465 e. The zero-order valence-corrected chi connectivity index (χ0v) is 15.9. The summed E-state index contributed by atoms with van der Waals surface area (Å²) in [7, 11) is 1.38. The summed E-state index contributed by atoms with van der Waals surface area (Å²) in [6.45, 7) is 2.02. The molecule has 1 saturated heterocycles. The number of anilines is 1. The van der Waals surface area contributed by atoms with Crippen LogP contribution in [0.15, 0.2) is 54.6 Å². The number of carbonyl (C=O) groups is 1. The molecule has 0 spiro atoms. The number of methoxy groups -OCH3 is 1. The number of carbonyl (C=O) groups excluding carboxylic acids is 1. The summed E-state index contributed by atoms with van der Waals surface area (Å²) in [5.41, 5.74) is 2.63. The molecule has 1 aromatic heterocycles. The number of hydrogen-bond acceptors (Lipinski definition) is 4. The Balaban J connectivity index is 1.92. The fourth-order valence-corrected chi connectivity index (χ4v) is 4.78. The molecule has 5 heteroatoms. The number of esters is 1. The van der Waals surface area contributed by atoms with Gasteiger partial charge in [-0.15, -0.1) is 11.3 Å². The van der Waals surface area contributed by atoms with Gasteiger partial charge in [-0.2, -0.15) is 0 Å². The summed E-state index contributed by atoms with van der Waals surface area (Å²) >= 11 is 1.61. The smallest absolute Gasteiger partial charge is 0.338 e. The van der Waals surface area contributed by atoms with Crippen molar-refractivity contribution in [2.24, 2.45) is 0 Å². The normalized spacial score (nSPS) is 13.8. The van der Waals surface area contributed by atoms with Crippen molar-refractivity contribution in [2.75, 3.05) is 25.1 Å². The van der Waals surface area contributed by atoms with Crippen LogP contribution in [-0.2, 0) is 4.74 Å². The molecule has 2 aromatic carbocycles. The van der Waals surface area contributed by atoms with Crippen LogP contribution >= 0.6 is 11.3 Å². The lowest BCUT2D eigenvalue weighted by atomic mass is 9.99. The molecular formula is C22H20FNO2S. The van der Waals surface area contributed by atoms with Crippen molar-refractivity contribution in [3.8, 4) is 21.6 Å². The molecule has 138 valence electrons. The number of hydrogen-bond donors (Lipinski definition) is 0. The van der Waals surface area contributed by atoms with Gasteiger partial charge in [0.15, 0.2) is 0 Å². The zero-order chi connectivity index (χ0) is 18.8. The molecule has 0 N–H and O–H groups in total. The molecule has 0 radical (unpaired) electrons. The van der Waals surface area contributed by atoms with Crippen LogP contribution in [0.25, 0.3) is 21.6 Å². The molecule has 4 rings (SSSR count). The molecular weight excluding hydrogens is 361 g/mol. The minimum Gasteiger partial charge on any atom is -0.465 e. The van der Waals surface area contributed by atoms with Crippen molar-refractivity contribution >= 4 is 22.3 Å². The van der Waals surface area contributed by atoms with Crippen molar-refractivity contribution in [2.45, 2.75) is 12.8 Å². The Hall–Kier alpha value is -2.66. The maximum Gasteiger partial charge on any atom is 0.338 e. The average Bonchev–Trinajstić information content (AvgIpc) is 3.37. The van der Waals surface area contributed by atoms with E-state index in [1.54, 1.807) is 29.5 Å². The number of benzene rings is 2. The standard InChI is InChI=1S/C22H20FNO2S/c1-26-22(25)17-10-3-2-9-16(17)21-18(15-8-4-5-11-19(15)23)14-20(27-21)24-12-6-7-13-24/h2-5,8-11,14H,6-7,12-13H2,1H3. The highest BCUT2D eigenvalue weighted by Gasteiger charge is 2.23. The van der Waals surface area contributed by atoms with Gasteiger partial charge in [-0.3, -0.25) is 0 Å². The third-order valence-electron chi connectivity index (χ3n) is 4.88. The van der Waals surface area contributed by atoms with Gasteiger partial charge in [0.2, 0.25) is 0 Å². The second kappa shape index (κ2) is 7.53. The number of halogens is 1. The van der Waals surface area contributed by atoms with Gasteiger partial charge in [0.25, 0.3) is 0 Å². The fraction of sp³-hybridized carbons (Fsp3) is 0.227. The molecule has 27 heavy (non-hydrogen) atoms. The van der Waals surface area contributed by atoms with Crippen LogP contribution in [0.5, 0.6) is 0 Å². The van der Waals surface area contributed by atoms with Gasteiger partial charge in [-0.1, -0.05) is 36.4 Å². The van der Waals surface area contributed by atoms with Crippen LogP contribution < -0.4 is 4.90 Å². The van der Waals surface area contributed by atoms with Gasteiger partial charge in [-0.05, 0) is 31.0 Å². The van der Waals surface area contributed by atoms with E-state index in [0.717, 1.165) is 34.1 Å². The Morgan fingerprint density at radius 2 is 1.67 bits per heavy atom. The SMILES string of the molecule is COC(=O)c1ccccc1-c1sc(N2CCCC2)cc1-c1ccccc1F. The van der Waals surface area contributed by atoms with Crippen LogP contribution in [0.4, 0.5) is 9.39 Å². The van der Waals surface area contributed by atoms with Crippen molar-refractivity contribution in [1.82, 2.24) is 0 Å². The third-order valence-corrected chi connectivity index (χ3v) is 6.11. The Morgan fingerprint density at radius 3 is 2.37 bits per heavy atom. The van der Waals surface area contributed by atoms with Crippen molar-refractivity contribution in [1.29, 1.82) is 0 Å². The molecule has 0 bridgehead atoms. The predicted molar refractivity (Wildman–Crippen MR) is 108 cm³/mol. The molecule has 2 heterocycles. The van der Waals surface area contributed by atoms with Crippen molar-refractivity contribution in [3.63, 3.8) is 0 Å².